The molecule has 12 nitrogen and oxygen atoms in total. The molecule has 0 aliphatic carbocycles. The van der Waals surface area contributed by atoms with Crippen LogP contribution in [0.2, 0.25) is 0 Å². The van der Waals surface area contributed by atoms with E-state index in [0.717, 1.165) is 29.0 Å². The van der Waals surface area contributed by atoms with Gasteiger partial charge in [0.15, 0.2) is 5.78 Å². The number of aromatic nitrogens is 6. The summed E-state index contributed by atoms with van der Waals surface area (Å²) in [4.78, 5) is 50.5. The molecule has 0 radical (unpaired) electrons. The number of hydrogen-bond acceptors (Lipinski definition) is 10. The summed E-state index contributed by atoms with van der Waals surface area (Å²) in [6.45, 7) is -0.641. The number of rotatable bonds is 8. The second kappa shape index (κ2) is 9.38. The Bertz CT molecular complexity index is 1230. The first kappa shape index (κ1) is 22.0. The number of thioether (sulfide) groups is 1. The van der Waals surface area contributed by atoms with Crippen LogP contribution >= 0.6 is 11.8 Å². The molecule has 3 aromatic rings. The van der Waals surface area contributed by atoms with Crippen molar-refractivity contribution in [3.63, 3.8) is 0 Å². The molecule has 0 bridgehead atoms. The Labute approximate surface area is 179 Å². The maximum Gasteiger partial charge on any atom is 0.333 e. The SMILES string of the molecule is COC(=O)Cn1c(=O)c(C(=O)CSc2nnnn2C)c(N)n(Cc2ccccc2)c1=O. The Morgan fingerprint density at radius 2 is 1.87 bits per heavy atom. The van der Waals surface area contributed by atoms with E-state index in [2.05, 4.69) is 20.3 Å². The number of methoxy groups -OCH3 is 1. The molecule has 0 saturated heterocycles. The molecule has 3 rings (SSSR count). The Balaban J connectivity index is 2.06. The zero-order chi connectivity index (χ0) is 22.5. The molecule has 2 heterocycles. The van der Waals surface area contributed by atoms with E-state index in [9.17, 15) is 19.2 Å². The number of Topliss-reactive ketones (excluding diaryl/α,β-unsaturated/α-hetero) is 1. The molecule has 2 aromatic heterocycles. The Morgan fingerprint density at radius 1 is 1.16 bits per heavy atom. The molecular weight excluding hydrogens is 426 g/mol. The minimum atomic E-state index is -0.959. The third-order valence-corrected chi connectivity index (χ3v) is 5.37. The summed E-state index contributed by atoms with van der Waals surface area (Å²) >= 11 is 1.01. The summed E-state index contributed by atoms with van der Waals surface area (Å²) < 4.78 is 7.67. The van der Waals surface area contributed by atoms with Crippen molar-refractivity contribution in [2.24, 2.45) is 7.05 Å². The van der Waals surface area contributed by atoms with Gasteiger partial charge in [-0.2, -0.15) is 0 Å². The van der Waals surface area contributed by atoms with Gasteiger partial charge in [0, 0.05) is 7.05 Å². The fourth-order valence-electron chi connectivity index (χ4n) is 2.77. The summed E-state index contributed by atoms with van der Waals surface area (Å²) in [5.74, 6) is -1.92. The monoisotopic (exact) mass is 445 g/mol. The number of benzene rings is 1. The van der Waals surface area contributed by atoms with Crippen LogP contribution < -0.4 is 17.0 Å². The third kappa shape index (κ3) is 4.71. The number of nitrogens with two attached hydrogens (primary N) is 1. The summed E-state index contributed by atoms with van der Waals surface area (Å²) in [5, 5.41) is 11.3. The Kier molecular flexibility index (Phi) is 6.65. The van der Waals surface area contributed by atoms with Crippen LogP contribution in [0.5, 0.6) is 0 Å². The van der Waals surface area contributed by atoms with E-state index < -0.39 is 29.5 Å². The molecule has 0 unspecified atom stereocenters. The number of ether oxygens (including phenoxy) is 1. The van der Waals surface area contributed by atoms with E-state index in [-0.39, 0.29) is 23.7 Å². The predicted molar refractivity (Wildman–Crippen MR) is 111 cm³/mol. The predicted octanol–water partition coefficient (Wildman–Crippen LogP) is -0.688. The molecule has 0 fully saturated rings. The zero-order valence-electron chi connectivity index (χ0n) is 16.7. The number of anilines is 1. The van der Waals surface area contributed by atoms with E-state index in [0.29, 0.717) is 9.72 Å². The summed E-state index contributed by atoms with van der Waals surface area (Å²) in [5.41, 5.74) is 4.66. The van der Waals surface area contributed by atoms with Gasteiger partial charge < -0.3 is 10.5 Å². The van der Waals surface area contributed by atoms with Crippen molar-refractivity contribution in [3.05, 3.63) is 62.3 Å². The van der Waals surface area contributed by atoms with E-state index in [1.807, 2.05) is 0 Å². The highest BCUT2D eigenvalue weighted by molar-refractivity contribution is 7.99. The zero-order valence-corrected chi connectivity index (χ0v) is 17.5. The largest absolute Gasteiger partial charge is 0.468 e. The quantitative estimate of drug-likeness (QED) is 0.267. The number of carbonyl (C=O) groups is 2. The van der Waals surface area contributed by atoms with Crippen LogP contribution in [0, 0.1) is 0 Å². The molecular formula is C18H19N7O5S. The lowest BCUT2D eigenvalue weighted by atomic mass is 10.2. The van der Waals surface area contributed by atoms with Gasteiger partial charge in [-0.15, -0.1) is 5.10 Å². The summed E-state index contributed by atoms with van der Waals surface area (Å²) in [6, 6.07) is 8.89. The molecule has 0 aliphatic heterocycles. The lowest BCUT2D eigenvalue weighted by molar-refractivity contribution is -0.141. The number of aryl methyl sites for hydroxylation is 1. The number of nitrogens with zero attached hydrogens (tertiary/aromatic N) is 6. The molecule has 31 heavy (non-hydrogen) atoms. The molecule has 0 aliphatic rings. The van der Waals surface area contributed by atoms with E-state index in [4.69, 9.17) is 5.73 Å². The van der Waals surface area contributed by atoms with Crippen LogP contribution in [-0.4, -0.2) is 54.0 Å². The normalized spacial score (nSPS) is 10.8. The molecule has 0 saturated carbocycles. The summed E-state index contributed by atoms with van der Waals surface area (Å²) in [6.07, 6.45) is 0. The Hall–Kier alpha value is -3.74. The van der Waals surface area contributed by atoms with Crippen molar-refractivity contribution < 1.29 is 14.3 Å². The van der Waals surface area contributed by atoms with Crippen molar-refractivity contribution in [1.82, 2.24) is 29.3 Å². The van der Waals surface area contributed by atoms with Crippen LogP contribution in [0.3, 0.4) is 0 Å². The fourth-order valence-corrected chi connectivity index (χ4v) is 3.50. The summed E-state index contributed by atoms with van der Waals surface area (Å²) in [7, 11) is 2.73. The van der Waals surface area contributed by atoms with Gasteiger partial charge in [-0.05, 0) is 16.0 Å². The van der Waals surface area contributed by atoms with E-state index >= 15 is 0 Å². The molecule has 0 amide bonds. The van der Waals surface area contributed by atoms with Crippen molar-refractivity contribution in [2.75, 3.05) is 18.6 Å². The lowest BCUT2D eigenvalue weighted by Crippen LogP contribution is -2.45. The average molecular weight is 445 g/mol. The van der Waals surface area contributed by atoms with Crippen LogP contribution in [0.25, 0.3) is 0 Å². The first-order valence-corrected chi connectivity index (χ1v) is 9.94. The first-order valence-electron chi connectivity index (χ1n) is 8.95. The van der Waals surface area contributed by atoms with Gasteiger partial charge in [0.2, 0.25) is 5.16 Å². The molecule has 0 spiro atoms. The molecule has 2 N–H and O–H groups in total. The van der Waals surface area contributed by atoms with Crippen molar-refractivity contribution in [3.8, 4) is 0 Å². The second-order valence-corrected chi connectivity index (χ2v) is 7.32. The number of carbonyl (C=O) groups excluding carboxylic acids is 2. The van der Waals surface area contributed by atoms with Crippen LogP contribution in [0.1, 0.15) is 15.9 Å². The molecule has 1 aromatic carbocycles. The number of esters is 1. The molecule has 13 heteroatoms. The second-order valence-electron chi connectivity index (χ2n) is 6.38. The van der Waals surface area contributed by atoms with Gasteiger partial charge in [0.25, 0.3) is 5.56 Å². The van der Waals surface area contributed by atoms with Crippen molar-refractivity contribution in [2.45, 2.75) is 18.2 Å². The topological polar surface area (TPSA) is 157 Å². The standard InChI is InChI=1S/C18H19N7O5S/c1-23-17(20-21-22-23)31-10-12(26)14-15(19)24(8-11-6-4-3-5-7-11)18(29)25(16(14)28)9-13(27)30-2/h3-7H,8-10,19H2,1-2H3. The minimum absolute atomic E-state index is 0.00753. The highest BCUT2D eigenvalue weighted by Crippen LogP contribution is 2.16. The van der Waals surface area contributed by atoms with Crippen LogP contribution in [-0.2, 0) is 29.7 Å². The fraction of sp³-hybridized carbons (Fsp3) is 0.278. The van der Waals surface area contributed by atoms with Gasteiger partial charge in [-0.3, -0.25) is 19.0 Å². The average Bonchev–Trinajstić information content (AvgIpc) is 3.18. The van der Waals surface area contributed by atoms with Crippen molar-refractivity contribution >= 4 is 29.3 Å². The minimum Gasteiger partial charge on any atom is -0.468 e. The van der Waals surface area contributed by atoms with Gasteiger partial charge >= 0.3 is 11.7 Å². The van der Waals surface area contributed by atoms with Gasteiger partial charge in [0.1, 0.15) is 17.9 Å². The lowest BCUT2D eigenvalue weighted by Gasteiger charge is -2.16. The van der Waals surface area contributed by atoms with Crippen LogP contribution in [0.4, 0.5) is 5.82 Å². The highest BCUT2D eigenvalue weighted by atomic mass is 32.2. The highest BCUT2D eigenvalue weighted by Gasteiger charge is 2.24. The number of tetrazole rings is 1. The maximum absolute atomic E-state index is 12.9. The van der Waals surface area contributed by atoms with Crippen LogP contribution in [0.15, 0.2) is 45.1 Å². The number of hydrogen-bond donors (Lipinski definition) is 1. The first-order chi connectivity index (χ1) is 14.8. The van der Waals surface area contributed by atoms with Gasteiger partial charge in [-0.25, -0.2) is 14.0 Å². The van der Waals surface area contributed by atoms with Crippen molar-refractivity contribution in [1.29, 1.82) is 0 Å². The molecule has 0 atom stereocenters. The van der Waals surface area contributed by atoms with E-state index in [1.54, 1.807) is 37.4 Å². The molecule has 162 valence electrons. The number of nitrogen functional groups attached to an aromatic ring is 1. The number of ketones is 1. The van der Waals surface area contributed by atoms with Gasteiger partial charge in [-0.1, -0.05) is 42.1 Å². The van der Waals surface area contributed by atoms with E-state index in [1.165, 1.54) is 4.68 Å². The van der Waals surface area contributed by atoms with Gasteiger partial charge in [0.05, 0.1) is 19.4 Å². The Morgan fingerprint density at radius 3 is 2.48 bits per heavy atom. The smallest absolute Gasteiger partial charge is 0.333 e. The maximum atomic E-state index is 12.9. The third-order valence-electron chi connectivity index (χ3n) is 4.36.